The minimum absolute atomic E-state index is 0.0264. The van der Waals surface area contributed by atoms with Gasteiger partial charge in [0.05, 0.1) is 18.7 Å². The van der Waals surface area contributed by atoms with Crippen molar-refractivity contribution in [3.8, 4) is 0 Å². The number of aryl methyl sites for hydroxylation is 1. The molecule has 0 bridgehead atoms. The van der Waals surface area contributed by atoms with Crippen molar-refractivity contribution in [3.05, 3.63) is 47.5 Å². The molecule has 0 aliphatic carbocycles. The predicted molar refractivity (Wildman–Crippen MR) is 61.5 cm³/mol. The van der Waals surface area contributed by atoms with Crippen LogP contribution in [0.5, 0.6) is 0 Å². The molecule has 5 nitrogen and oxygen atoms in total. The van der Waals surface area contributed by atoms with Crippen LogP contribution in [0.2, 0.25) is 0 Å². The molecular weight excluding hydrogens is 237 g/mol. The first-order valence-corrected chi connectivity index (χ1v) is 5.49. The van der Waals surface area contributed by atoms with Crippen LogP contribution in [0.25, 0.3) is 0 Å². The fraction of sp³-hybridized carbons (Fsp3) is 0.250. The van der Waals surface area contributed by atoms with Gasteiger partial charge in [0.15, 0.2) is 0 Å². The third kappa shape index (κ3) is 3.38. The molecule has 1 aromatic carbocycles. The summed E-state index contributed by atoms with van der Waals surface area (Å²) < 4.78 is 14.5. The first-order valence-electron chi connectivity index (χ1n) is 5.49. The maximum Gasteiger partial charge on any atom is 0.303 e. The summed E-state index contributed by atoms with van der Waals surface area (Å²) >= 11 is 0. The third-order valence-corrected chi connectivity index (χ3v) is 2.41. The van der Waals surface area contributed by atoms with Crippen molar-refractivity contribution < 1.29 is 14.3 Å². The lowest BCUT2D eigenvalue weighted by atomic mass is 10.2. The lowest BCUT2D eigenvalue weighted by molar-refractivity contribution is -0.136. The van der Waals surface area contributed by atoms with Crippen molar-refractivity contribution in [2.75, 3.05) is 0 Å². The Balaban J connectivity index is 2.00. The number of carboxylic acid groups (broad SMARTS) is 1. The number of carboxylic acids is 1. The lowest BCUT2D eigenvalue weighted by Gasteiger charge is -2.00. The molecule has 1 heterocycles. The van der Waals surface area contributed by atoms with Crippen LogP contribution in [-0.2, 0) is 17.8 Å². The summed E-state index contributed by atoms with van der Waals surface area (Å²) in [5, 5.41) is 16.3. The molecule has 0 saturated heterocycles. The smallest absolute Gasteiger partial charge is 0.303 e. The summed E-state index contributed by atoms with van der Waals surface area (Å²) in [6, 6.07) is 6.23. The molecule has 0 fully saturated rings. The molecule has 94 valence electrons. The van der Waals surface area contributed by atoms with E-state index in [1.807, 2.05) is 0 Å². The number of halogens is 1. The van der Waals surface area contributed by atoms with Gasteiger partial charge in [-0.05, 0) is 17.7 Å². The third-order valence-electron chi connectivity index (χ3n) is 2.41. The monoisotopic (exact) mass is 249 g/mol. The molecule has 0 aliphatic rings. The van der Waals surface area contributed by atoms with E-state index in [1.165, 1.54) is 12.1 Å². The quantitative estimate of drug-likeness (QED) is 0.871. The van der Waals surface area contributed by atoms with Crippen LogP contribution in [0.3, 0.4) is 0 Å². The van der Waals surface area contributed by atoms with E-state index >= 15 is 0 Å². The van der Waals surface area contributed by atoms with E-state index in [0.29, 0.717) is 18.7 Å². The number of hydrogen-bond acceptors (Lipinski definition) is 3. The zero-order chi connectivity index (χ0) is 13.0. The molecule has 0 saturated carbocycles. The van der Waals surface area contributed by atoms with Crippen LogP contribution in [-0.4, -0.2) is 26.1 Å². The van der Waals surface area contributed by atoms with E-state index in [2.05, 4.69) is 10.3 Å². The Morgan fingerprint density at radius 3 is 3.00 bits per heavy atom. The molecule has 0 unspecified atom stereocenters. The maximum absolute atomic E-state index is 13.0. The molecule has 1 aromatic heterocycles. The van der Waals surface area contributed by atoms with Gasteiger partial charge >= 0.3 is 5.97 Å². The van der Waals surface area contributed by atoms with Gasteiger partial charge in [0.25, 0.3) is 0 Å². The molecule has 2 aromatic rings. The average molecular weight is 249 g/mol. The Morgan fingerprint density at radius 2 is 2.28 bits per heavy atom. The fourth-order valence-corrected chi connectivity index (χ4v) is 1.59. The van der Waals surface area contributed by atoms with Crippen LogP contribution >= 0.6 is 0 Å². The summed E-state index contributed by atoms with van der Waals surface area (Å²) in [5.74, 6) is -1.16. The minimum Gasteiger partial charge on any atom is -0.481 e. The van der Waals surface area contributed by atoms with Gasteiger partial charge < -0.3 is 5.11 Å². The summed E-state index contributed by atoms with van der Waals surface area (Å²) in [6.07, 6.45) is 2.05. The van der Waals surface area contributed by atoms with E-state index < -0.39 is 5.97 Å². The normalized spacial score (nSPS) is 10.5. The van der Waals surface area contributed by atoms with Crippen LogP contribution < -0.4 is 0 Å². The molecule has 0 amide bonds. The summed E-state index contributed by atoms with van der Waals surface area (Å²) in [4.78, 5) is 10.4. The van der Waals surface area contributed by atoms with Gasteiger partial charge in [-0.15, -0.1) is 5.10 Å². The molecular formula is C12H12FN3O2. The SMILES string of the molecule is O=C(O)CCc1cn(Cc2cccc(F)c2)nn1. The molecule has 0 radical (unpaired) electrons. The van der Waals surface area contributed by atoms with E-state index in [9.17, 15) is 9.18 Å². The predicted octanol–water partition coefficient (Wildman–Crippen LogP) is 1.48. The van der Waals surface area contributed by atoms with Gasteiger partial charge in [0, 0.05) is 12.6 Å². The highest BCUT2D eigenvalue weighted by Gasteiger charge is 2.04. The zero-order valence-corrected chi connectivity index (χ0v) is 9.58. The molecule has 0 aliphatic heterocycles. The number of benzene rings is 1. The minimum atomic E-state index is -0.866. The fourth-order valence-electron chi connectivity index (χ4n) is 1.59. The van der Waals surface area contributed by atoms with Crippen molar-refractivity contribution in [1.29, 1.82) is 0 Å². The van der Waals surface area contributed by atoms with Crippen molar-refractivity contribution in [1.82, 2.24) is 15.0 Å². The van der Waals surface area contributed by atoms with Gasteiger partial charge in [0.1, 0.15) is 5.82 Å². The highest BCUT2D eigenvalue weighted by atomic mass is 19.1. The number of carbonyl (C=O) groups is 1. The molecule has 0 spiro atoms. The average Bonchev–Trinajstić information content (AvgIpc) is 2.74. The Morgan fingerprint density at radius 1 is 1.44 bits per heavy atom. The molecule has 18 heavy (non-hydrogen) atoms. The Bertz CT molecular complexity index is 554. The van der Waals surface area contributed by atoms with Gasteiger partial charge in [-0.2, -0.15) is 0 Å². The van der Waals surface area contributed by atoms with E-state index in [0.717, 1.165) is 5.56 Å². The summed E-state index contributed by atoms with van der Waals surface area (Å²) in [7, 11) is 0. The molecule has 1 N–H and O–H groups in total. The second kappa shape index (κ2) is 5.39. The van der Waals surface area contributed by atoms with Crippen molar-refractivity contribution in [2.45, 2.75) is 19.4 Å². The van der Waals surface area contributed by atoms with Crippen LogP contribution in [0.1, 0.15) is 17.7 Å². The van der Waals surface area contributed by atoms with E-state index in [4.69, 9.17) is 5.11 Å². The van der Waals surface area contributed by atoms with Gasteiger partial charge in [-0.3, -0.25) is 4.79 Å². The number of hydrogen-bond donors (Lipinski definition) is 1. The largest absolute Gasteiger partial charge is 0.481 e. The Kier molecular flexibility index (Phi) is 3.66. The van der Waals surface area contributed by atoms with Crippen LogP contribution in [0.4, 0.5) is 4.39 Å². The van der Waals surface area contributed by atoms with E-state index in [1.54, 1.807) is 23.0 Å². The number of rotatable bonds is 5. The molecule has 2 rings (SSSR count). The number of aliphatic carboxylic acids is 1. The van der Waals surface area contributed by atoms with Crippen molar-refractivity contribution in [3.63, 3.8) is 0 Å². The van der Waals surface area contributed by atoms with E-state index in [-0.39, 0.29) is 12.2 Å². The van der Waals surface area contributed by atoms with Crippen molar-refractivity contribution in [2.24, 2.45) is 0 Å². The number of aromatic nitrogens is 3. The zero-order valence-electron chi connectivity index (χ0n) is 9.58. The second-order valence-corrected chi connectivity index (χ2v) is 3.93. The number of nitrogens with zero attached hydrogens (tertiary/aromatic N) is 3. The lowest BCUT2D eigenvalue weighted by Crippen LogP contribution is -2.00. The first kappa shape index (κ1) is 12.2. The van der Waals surface area contributed by atoms with Gasteiger partial charge in [-0.25, -0.2) is 9.07 Å². The van der Waals surface area contributed by atoms with Gasteiger partial charge in [0.2, 0.25) is 0 Å². The summed E-state index contributed by atoms with van der Waals surface area (Å²) in [5.41, 5.74) is 1.40. The Labute approximate surface area is 103 Å². The second-order valence-electron chi connectivity index (χ2n) is 3.93. The maximum atomic E-state index is 13.0. The first-order chi connectivity index (χ1) is 8.63. The summed E-state index contributed by atoms with van der Waals surface area (Å²) in [6.45, 7) is 0.415. The van der Waals surface area contributed by atoms with Crippen LogP contribution in [0.15, 0.2) is 30.5 Å². The van der Waals surface area contributed by atoms with Crippen LogP contribution in [0, 0.1) is 5.82 Å². The molecule has 0 atom stereocenters. The van der Waals surface area contributed by atoms with Crippen molar-refractivity contribution >= 4 is 5.97 Å². The molecule has 6 heteroatoms. The Hall–Kier alpha value is -2.24. The standard InChI is InChI=1S/C12H12FN3O2/c13-10-3-1-2-9(6-10)7-16-8-11(14-15-16)4-5-12(17)18/h1-3,6,8H,4-5,7H2,(H,17,18). The topological polar surface area (TPSA) is 68.0 Å². The highest BCUT2D eigenvalue weighted by Crippen LogP contribution is 2.06. The highest BCUT2D eigenvalue weighted by molar-refractivity contribution is 5.66. The van der Waals surface area contributed by atoms with Gasteiger partial charge in [-0.1, -0.05) is 17.3 Å².